The highest BCUT2D eigenvalue weighted by Crippen LogP contribution is 2.02. The number of hydrogen-bond acceptors (Lipinski definition) is 4. The lowest BCUT2D eigenvalue weighted by Gasteiger charge is -1.69. The van der Waals surface area contributed by atoms with Crippen LogP contribution in [0.25, 0.3) is 0 Å². The van der Waals surface area contributed by atoms with Gasteiger partial charge in [-0.15, -0.1) is 11.7 Å². The molecule has 0 radical (unpaired) electrons. The normalized spacial score (nSPS) is 6.43. The van der Waals surface area contributed by atoms with Crippen LogP contribution in [0.4, 0.5) is 0 Å². The molecular weight excluding hydrogens is 136 g/mol. The maximum Gasteiger partial charge on any atom is 0.262 e. The molecule has 0 saturated carbocycles. The molecule has 0 bridgehead atoms. The van der Waals surface area contributed by atoms with Gasteiger partial charge < -0.3 is 5.48 Å². The quantitative estimate of drug-likeness (QED) is 0.230. The molecule has 42 valence electrons. The fourth-order valence-electron chi connectivity index (χ4n) is 0.0215. The predicted molar refractivity (Wildman–Crippen MR) is 31.3 cm³/mol. The largest absolute Gasteiger partial charge is 0.412 e. The smallest absolute Gasteiger partial charge is 0.262 e. The van der Waals surface area contributed by atoms with E-state index in [0.29, 0.717) is 10.8 Å². The molecule has 0 saturated heterocycles. The SMILES string of the molecule is O.O=CC(=O)SS. The number of hydrogen-bond donors (Lipinski definition) is 1. The van der Waals surface area contributed by atoms with E-state index in [1.54, 1.807) is 0 Å². The number of carbonyl (C=O) groups is 2. The van der Waals surface area contributed by atoms with Gasteiger partial charge in [0.25, 0.3) is 5.12 Å². The molecule has 0 aliphatic rings. The minimum atomic E-state index is -0.557. The van der Waals surface area contributed by atoms with Crippen molar-refractivity contribution in [2.24, 2.45) is 0 Å². The standard InChI is InChI=1S/C2H2O2S2.H2O/c3-1-2(4)6-5;/h1,5H;1H2. The van der Waals surface area contributed by atoms with Crippen LogP contribution in [0.15, 0.2) is 0 Å². The second-order valence-electron chi connectivity index (χ2n) is 0.528. The van der Waals surface area contributed by atoms with E-state index in [1.165, 1.54) is 0 Å². The monoisotopic (exact) mass is 140 g/mol. The first kappa shape index (κ1) is 10.1. The van der Waals surface area contributed by atoms with Gasteiger partial charge in [0.05, 0.1) is 0 Å². The third-order valence-corrected chi connectivity index (χ3v) is 1.00. The van der Waals surface area contributed by atoms with E-state index in [-0.39, 0.29) is 11.8 Å². The van der Waals surface area contributed by atoms with Crippen LogP contribution in [0.2, 0.25) is 0 Å². The minimum absolute atomic E-state index is 0. The van der Waals surface area contributed by atoms with Crippen molar-refractivity contribution in [2.75, 3.05) is 0 Å². The lowest BCUT2D eigenvalue weighted by Crippen LogP contribution is -1.84. The molecule has 0 heterocycles. The fraction of sp³-hybridized carbons (Fsp3) is 0. The average Bonchev–Trinajstić information content (AvgIpc) is 1.65. The van der Waals surface area contributed by atoms with Crippen molar-refractivity contribution in [2.45, 2.75) is 0 Å². The minimum Gasteiger partial charge on any atom is -0.412 e. The van der Waals surface area contributed by atoms with E-state index in [4.69, 9.17) is 0 Å². The van der Waals surface area contributed by atoms with Gasteiger partial charge in [-0.1, -0.05) is 0 Å². The Bertz CT molecular complexity index is 71.3. The molecule has 0 aliphatic heterocycles. The Labute approximate surface area is 49.6 Å². The van der Waals surface area contributed by atoms with E-state index >= 15 is 0 Å². The zero-order chi connectivity index (χ0) is 4.99. The molecule has 0 rings (SSSR count). The van der Waals surface area contributed by atoms with Crippen LogP contribution in [0.1, 0.15) is 0 Å². The van der Waals surface area contributed by atoms with Gasteiger partial charge in [0.15, 0.2) is 6.29 Å². The van der Waals surface area contributed by atoms with Crippen LogP contribution in [-0.4, -0.2) is 16.9 Å². The van der Waals surface area contributed by atoms with Crippen LogP contribution in [0, 0.1) is 0 Å². The van der Waals surface area contributed by atoms with E-state index in [1.807, 2.05) is 0 Å². The summed E-state index contributed by atoms with van der Waals surface area (Å²) in [6, 6.07) is 0. The first-order valence-corrected chi connectivity index (χ1v) is 2.98. The molecule has 0 aromatic heterocycles. The summed E-state index contributed by atoms with van der Waals surface area (Å²) in [5.74, 6) is 0. The summed E-state index contributed by atoms with van der Waals surface area (Å²) in [5.41, 5.74) is 0. The second-order valence-corrected chi connectivity index (χ2v) is 1.66. The first-order valence-electron chi connectivity index (χ1n) is 1.12. The maximum atomic E-state index is 9.70. The van der Waals surface area contributed by atoms with Gasteiger partial charge in [-0.3, -0.25) is 9.59 Å². The van der Waals surface area contributed by atoms with Crippen LogP contribution in [-0.2, 0) is 9.59 Å². The van der Waals surface area contributed by atoms with Crippen molar-refractivity contribution in [1.29, 1.82) is 0 Å². The van der Waals surface area contributed by atoms with Gasteiger partial charge in [0.2, 0.25) is 0 Å². The number of aldehydes is 1. The Morgan fingerprint density at radius 3 is 2.14 bits per heavy atom. The highest BCUT2D eigenvalue weighted by Gasteiger charge is 1.89. The number of rotatable bonds is 1. The molecule has 0 fully saturated rings. The molecule has 0 aliphatic carbocycles. The van der Waals surface area contributed by atoms with Gasteiger partial charge in [-0.25, -0.2) is 0 Å². The fourth-order valence-corrected chi connectivity index (χ4v) is 0.194. The van der Waals surface area contributed by atoms with Crippen LogP contribution in [0.3, 0.4) is 0 Å². The molecule has 0 aromatic rings. The van der Waals surface area contributed by atoms with Crippen molar-refractivity contribution in [1.82, 2.24) is 0 Å². The summed E-state index contributed by atoms with van der Waals surface area (Å²) in [6.45, 7) is 0. The van der Waals surface area contributed by atoms with E-state index in [0.717, 1.165) is 0 Å². The predicted octanol–water partition coefficient (Wildman–Crippen LogP) is -0.535. The van der Waals surface area contributed by atoms with Gasteiger partial charge in [-0.2, -0.15) is 0 Å². The molecular formula is C2H4O3S2. The Kier molecular flexibility index (Phi) is 8.64. The third kappa shape index (κ3) is 6.00. The first-order chi connectivity index (χ1) is 2.81. The molecule has 2 N–H and O–H groups in total. The van der Waals surface area contributed by atoms with E-state index < -0.39 is 5.12 Å². The van der Waals surface area contributed by atoms with Crippen molar-refractivity contribution in [3.8, 4) is 0 Å². The molecule has 0 amide bonds. The third-order valence-electron chi connectivity index (χ3n) is 0.186. The highest BCUT2D eigenvalue weighted by atomic mass is 33.1. The highest BCUT2D eigenvalue weighted by molar-refractivity contribution is 8.75. The Morgan fingerprint density at radius 2 is 2.14 bits per heavy atom. The Hall–Kier alpha value is 0. The van der Waals surface area contributed by atoms with Gasteiger partial charge in [-0.05, 0) is 10.8 Å². The molecule has 0 spiro atoms. The van der Waals surface area contributed by atoms with Crippen LogP contribution < -0.4 is 0 Å². The van der Waals surface area contributed by atoms with Gasteiger partial charge in [0, 0.05) is 0 Å². The lowest BCUT2D eigenvalue weighted by atomic mass is 10.9. The van der Waals surface area contributed by atoms with Crippen LogP contribution in [0.5, 0.6) is 0 Å². The summed E-state index contributed by atoms with van der Waals surface area (Å²) < 4.78 is 0. The summed E-state index contributed by atoms with van der Waals surface area (Å²) in [5, 5.41) is -0.557. The molecule has 0 aromatic carbocycles. The number of carbonyl (C=O) groups excluding carboxylic acids is 2. The van der Waals surface area contributed by atoms with Crippen LogP contribution >= 0.6 is 22.5 Å². The molecule has 0 unspecified atom stereocenters. The second kappa shape index (κ2) is 6.00. The van der Waals surface area contributed by atoms with Gasteiger partial charge in [0.1, 0.15) is 0 Å². The zero-order valence-electron chi connectivity index (χ0n) is 3.25. The molecule has 0 atom stereocenters. The van der Waals surface area contributed by atoms with Crippen molar-refractivity contribution >= 4 is 33.9 Å². The van der Waals surface area contributed by atoms with Gasteiger partial charge >= 0.3 is 0 Å². The summed E-state index contributed by atoms with van der Waals surface area (Å²) in [6.07, 6.45) is 0.220. The summed E-state index contributed by atoms with van der Waals surface area (Å²) in [7, 11) is 0.612. The Balaban J connectivity index is 0. The van der Waals surface area contributed by atoms with Crippen molar-refractivity contribution in [3.63, 3.8) is 0 Å². The Morgan fingerprint density at radius 1 is 1.71 bits per heavy atom. The maximum absolute atomic E-state index is 9.70. The van der Waals surface area contributed by atoms with E-state index in [9.17, 15) is 9.59 Å². The topological polar surface area (TPSA) is 65.6 Å². The molecule has 5 heteroatoms. The number of thiol groups is 1. The molecule has 3 nitrogen and oxygen atoms in total. The van der Waals surface area contributed by atoms with Crippen molar-refractivity contribution in [3.05, 3.63) is 0 Å². The lowest BCUT2D eigenvalue weighted by molar-refractivity contribution is -0.124. The summed E-state index contributed by atoms with van der Waals surface area (Å²) in [4.78, 5) is 19.0. The zero-order valence-corrected chi connectivity index (χ0v) is 4.96. The van der Waals surface area contributed by atoms with E-state index in [2.05, 4.69) is 11.7 Å². The molecule has 7 heavy (non-hydrogen) atoms. The summed E-state index contributed by atoms with van der Waals surface area (Å²) >= 11 is 3.43. The van der Waals surface area contributed by atoms with Crippen molar-refractivity contribution < 1.29 is 15.1 Å². The average molecular weight is 140 g/mol.